The molecule has 0 aromatic heterocycles. The Morgan fingerprint density at radius 2 is 2.18 bits per heavy atom. The highest BCUT2D eigenvalue weighted by molar-refractivity contribution is 9.10. The summed E-state index contributed by atoms with van der Waals surface area (Å²) in [5.41, 5.74) is 6.39. The highest BCUT2D eigenvalue weighted by Crippen LogP contribution is 2.29. The molecule has 1 amide bonds. The molecule has 94 valence electrons. The average molecular weight is 320 g/mol. The van der Waals surface area contributed by atoms with Gasteiger partial charge in [0.2, 0.25) is 5.91 Å². The summed E-state index contributed by atoms with van der Waals surface area (Å²) in [5, 5.41) is 2.88. The van der Waals surface area contributed by atoms with Crippen LogP contribution in [-0.4, -0.2) is 11.4 Å². The molecule has 0 aliphatic heterocycles. The SMILES string of the molecule is Cl.NC1(C(=O)NCc2cccc(Br)c2)CCC1. The van der Waals surface area contributed by atoms with Gasteiger partial charge in [0.05, 0.1) is 5.54 Å². The molecular weight excluding hydrogens is 304 g/mol. The van der Waals surface area contributed by atoms with Crippen molar-refractivity contribution in [2.24, 2.45) is 5.73 Å². The lowest BCUT2D eigenvalue weighted by atomic mass is 9.77. The van der Waals surface area contributed by atoms with Crippen LogP contribution in [0.15, 0.2) is 28.7 Å². The third kappa shape index (κ3) is 3.44. The number of rotatable bonds is 3. The average Bonchev–Trinajstić information content (AvgIpc) is 2.22. The number of carbonyl (C=O) groups is 1. The third-order valence-electron chi connectivity index (χ3n) is 3.04. The fourth-order valence-corrected chi connectivity index (χ4v) is 2.24. The number of benzene rings is 1. The first-order chi connectivity index (χ1) is 7.60. The van der Waals surface area contributed by atoms with Crippen molar-refractivity contribution in [1.29, 1.82) is 0 Å². The van der Waals surface area contributed by atoms with Gasteiger partial charge in [-0.15, -0.1) is 12.4 Å². The van der Waals surface area contributed by atoms with Gasteiger partial charge in [-0.05, 0) is 37.0 Å². The van der Waals surface area contributed by atoms with Crippen molar-refractivity contribution in [2.75, 3.05) is 0 Å². The van der Waals surface area contributed by atoms with E-state index in [1.165, 1.54) is 0 Å². The van der Waals surface area contributed by atoms with Crippen LogP contribution < -0.4 is 11.1 Å². The third-order valence-corrected chi connectivity index (χ3v) is 3.53. The monoisotopic (exact) mass is 318 g/mol. The molecular formula is C12H16BrClN2O. The Bertz CT molecular complexity index is 407. The Morgan fingerprint density at radius 1 is 1.47 bits per heavy atom. The zero-order valence-electron chi connectivity index (χ0n) is 9.41. The first kappa shape index (κ1) is 14.5. The van der Waals surface area contributed by atoms with Gasteiger partial charge >= 0.3 is 0 Å². The molecule has 0 saturated heterocycles. The predicted molar refractivity (Wildman–Crippen MR) is 74.0 cm³/mol. The molecule has 3 N–H and O–H groups in total. The minimum Gasteiger partial charge on any atom is -0.350 e. The number of amides is 1. The molecule has 0 unspecified atom stereocenters. The van der Waals surface area contributed by atoms with Crippen LogP contribution in [0.2, 0.25) is 0 Å². The second kappa shape index (κ2) is 5.85. The molecule has 0 heterocycles. The topological polar surface area (TPSA) is 55.1 Å². The summed E-state index contributed by atoms with van der Waals surface area (Å²) >= 11 is 3.40. The molecule has 0 spiro atoms. The number of halogens is 2. The second-order valence-corrected chi connectivity index (χ2v) is 5.24. The predicted octanol–water partition coefficient (Wildman–Crippen LogP) is 2.37. The molecule has 0 atom stereocenters. The molecule has 1 aliphatic rings. The zero-order valence-corrected chi connectivity index (χ0v) is 11.8. The summed E-state index contributed by atoms with van der Waals surface area (Å²) in [6.45, 7) is 0.539. The maximum absolute atomic E-state index is 11.8. The van der Waals surface area contributed by atoms with E-state index < -0.39 is 5.54 Å². The van der Waals surface area contributed by atoms with E-state index in [9.17, 15) is 4.79 Å². The summed E-state index contributed by atoms with van der Waals surface area (Å²) in [6.07, 6.45) is 2.66. The van der Waals surface area contributed by atoms with E-state index in [1.807, 2.05) is 24.3 Å². The maximum Gasteiger partial charge on any atom is 0.240 e. The molecule has 17 heavy (non-hydrogen) atoms. The van der Waals surface area contributed by atoms with Crippen LogP contribution in [0.5, 0.6) is 0 Å². The lowest BCUT2D eigenvalue weighted by molar-refractivity contribution is -0.129. The highest BCUT2D eigenvalue weighted by atomic mass is 79.9. The summed E-state index contributed by atoms with van der Waals surface area (Å²) in [4.78, 5) is 11.8. The van der Waals surface area contributed by atoms with Crippen LogP contribution in [0, 0.1) is 0 Å². The van der Waals surface area contributed by atoms with Gasteiger partial charge in [0.1, 0.15) is 0 Å². The van der Waals surface area contributed by atoms with Crippen LogP contribution in [0.4, 0.5) is 0 Å². The summed E-state index contributed by atoms with van der Waals surface area (Å²) in [6, 6.07) is 7.88. The Hall–Kier alpha value is -0.580. The first-order valence-corrected chi connectivity index (χ1v) is 6.21. The van der Waals surface area contributed by atoms with Gasteiger partial charge in [-0.1, -0.05) is 28.1 Å². The van der Waals surface area contributed by atoms with E-state index in [0.29, 0.717) is 6.54 Å². The second-order valence-electron chi connectivity index (χ2n) is 4.32. The smallest absolute Gasteiger partial charge is 0.240 e. The molecule has 1 saturated carbocycles. The van der Waals surface area contributed by atoms with Gasteiger partial charge in [0, 0.05) is 11.0 Å². The van der Waals surface area contributed by atoms with Gasteiger partial charge in [-0.2, -0.15) is 0 Å². The van der Waals surface area contributed by atoms with Crippen molar-refractivity contribution in [2.45, 2.75) is 31.3 Å². The first-order valence-electron chi connectivity index (χ1n) is 5.42. The van der Waals surface area contributed by atoms with Crippen molar-refractivity contribution in [3.63, 3.8) is 0 Å². The van der Waals surface area contributed by atoms with Gasteiger partial charge in [-0.25, -0.2) is 0 Å². The van der Waals surface area contributed by atoms with Crippen molar-refractivity contribution < 1.29 is 4.79 Å². The largest absolute Gasteiger partial charge is 0.350 e. The Morgan fingerprint density at radius 3 is 2.71 bits per heavy atom. The van der Waals surface area contributed by atoms with Crippen LogP contribution in [0.3, 0.4) is 0 Å². The molecule has 0 bridgehead atoms. The fourth-order valence-electron chi connectivity index (χ4n) is 1.79. The quantitative estimate of drug-likeness (QED) is 0.898. The van der Waals surface area contributed by atoms with Crippen molar-refractivity contribution >= 4 is 34.2 Å². The van der Waals surface area contributed by atoms with Crippen molar-refractivity contribution in [3.05, 3.63) is 34.3 Å². The van der Waals surface area contributed by atoms with Gasteiger partial charge in [-0.3, -0.25) is 4.79 Å². The molecule has 1 aromatic carbocycles. The molecule has 3 nitrogen and oxygen atoms in total. The lowest BCUT2D eigenvalue weighted by Crippen LogP contribution is -2.58. The number of nitrogens with one attached hydrogen (secondary N) is 1. The van der Waals surface area contributed by atoms with Crippen molar-refractivity contribution in [1.82, 2.24) is 5.32 Å². The van der Waals surface area contributed by atoms with Crippen molar-refractivity contribution in [3.8, 4) is 0 Å². The molecule has 0 radical (unpaired) electrons. The summed E-state index contributed by atoms with van der Waals surface area (Å²) < 4.78 is 1.02. The Balaban J connectivity index is 0.00000144. The molecule has 1 aromatic rings. The number of carbonyl (C=O) groups excluding carboxylic acids is 1. The maximum atomic E-state index is 11.8. The standard InChI is InChI=1S/C12H15BrN2O.ClH/c13-10-4-1-3-9(7-10)8-15-11(16)12(14)5-2-6-12;/h1,3-4,7H,2,5-6,8,14H2,(H,15,16);1H. The van der Waals surface area contributed by atoms with Crippen LogP contribution in [0.1, 0.15) is 24.8 Å². The molecule has 1 fully saturated rings. The fraction of sp³-hybridized carbons (Fsp3) is 0.417. The van der Waals surface area contributed by atoms with E-state index in [-0.39, 0.29) is 18.3 Å². The Kier molecular flexibility index (Phi) is 4.98. The zero-order chi connectivity index (χ0) is 11.6. The normalized spacial score (nSPS) is 16.6. The minimum atomic E-state index is -0.605. The number of nitrogens with two attached hydrogens (primary N) is 1. The molecule has 5 heteroatoms. The van der Waals surface area contributed by atoms with E-state index >= 15 is 0 Å². The number of hydrogen-bond acceptors (Lipinski definition) is 2. The van der Waals surface area contributed by atoms with E-state index in [2.05, 4.69) is 21.2 Å². The van der Waals surface area contributed by atoms with E-state index in [0.717, 1.165) is 29.3 Å². The highest BCUT2D eigenvalue weighted by Gasteiger charge is 2.39. The van der Waals surface area contributed by atoms with E-state index in [1.54, 1.807) is 0 Å². The molecule has 2 rings (SSSR count). The van der Waals surface area contributed by atoms with Crippen LogP contribution in [-0.2, 0) is 11.3 Å². The van der Waals surface area contributed by atoms with Gasteiger partial charge < -0.3 is 11.1 Å². The Labute approximate surface area is 116 Å². The van der Waals surface area contributed by atoms with Crippen LogP contribution in [0.25, 0.3) is 0 Å². The summed E-state index contributed by atoms with van der Waals surface area (Å²) in [5.74, 6) is -0.0290. The minimum absolute atomic E-state index is 0. The van der Waals surface area contributed by atoms with E-state index in [4.69, 9.17) is 5.73 Å². The molecule has 1 aliphatic carbocycles. The lowest BCUT2D eigenvalue weighted by Gasteiger charge is -2.36. The van der Waals surface area contributed by atoms with Gasteiger partial charge in [0.25, 0.3) is 0 Å². The summed E-state index contributed by atoms with van der Waals surface area (Å²) in [7, 11) is 0. The number of hydrogen-bond donors (Lipinski definition) is 2. The van der Waals surface area contributed by atoms with Gasteiger partial charge in [0.15, 0.2) is 0 Å². The van der Waals surface area contributed by atoms with Crippen LogP contribution >= 0.6 is 28.3 Å².